The summed E-state index contributed by atoms with van der Waals surface area (Å²) in [5.41, 5.74) is -1.23. The maximum Gasteiger partial charge on any atom is 0.418 e. The molecule has 0 atom stereocenters. The number of hydrogen-bond acceptors (Lipinski definition) is 4. The van der Waals surface area contributed by atoms with Crippen molar-refractivity contribution < 1.29 is 22.8 Å². The van der Waals surface area contributed by atoms with Crippen LogP contribution in [-0.2, 0) is 11.0 Å². The fourth-order valence-corrected chi connectivity index (χ4v) is 3.09. The van der Waals surface area contributed by atoms with Crippen molar-refractivity contribution >= 4 is 23.2 Å². The third-order valence-corrected chi connectivity index (χ3v) is 4.49. The van der Waals surface area contributed by atoms with Crippen LogP contribution in [0.3, 0.4) is 0 Å². The molecule has 2 amide bonds. The van der Waals surface area contributed by atoms with Crippen LogP contribution in [0.5, 0.6) is 0 Å². The zero-order chi connectivity index (χ0) is 23.6. The molecule has 2 aromatic carbocycles. The summed E-state index contributed by atoms with van der Waals surface area (Å²) in [6.45, 7) is 4.47. The number of carbonyl (C=O) groups excluding carboxylic acids is 2. The first-order chi connectivity index (χ1) is 15.0. The number of aryl methyl sites for hydroxylation is 2. The molecule has 0 unspecified atom stereocenters. The third-order valence-electron chi connectivity index (χ3n) is 4.49. The van der Waals surface area contributed by atoms with Gasteiger partial charge < -0.3 is 10.6 Å². The third kappa shape index (κ3) is 4.85. The monoisotopic (exact) mass is 444 g/mol. The second-order valence-electron chi connectivity index (χ2n) is 7.11. The summed E-state index contributed by atoms with van der Waals surface area (Å²) in [7, 11) is 0. The molecular weight excluding hydrogens is 425 g/mol. The zero-order valence-corrected chi connectivity index (χ0v) is 17.4. The van der Waals surface area contributed by atoms with Crippen molar-refractivity contribution in [3.63, 3.8) is 0 Å². The van der Waals surface area contributed by atoms with Gasteiger partial charge in [-0.05, 0) is 43.7 Å². The molecule has 0 aliphatic heterocycles. The van der Waals surface area contributed by atoms with Crippen molar-refractivity contribution in [3.05, 3.63) is 81.3 Å². The Morgan fingerprint density at radius 1 is 0.969 bits per heavy atom. The number of para-hydroxylation sites is 1. The molecule has 32 heavy (non-hydrogen) atoms. The molecule has 0 spiro atoms. The van der Waals surface area contributed by atoms with Gasteiger partial charge in [-0.15, -0.1) is 0 Å². The Morgan fingerprint density at radius 2 is 1.66 bits per heavy atom. The van der Waals surface area contributed by atoms with Gasteiger partial charge in [0.25, 0.3) is 5.91 Å². The lowest BCUT2D eigenvalue weighted by molar-refractivity contribution is -0.137. The lowest BCUT2D eigenvalue weighted by atomic mass is 10.1. The maximum atomic E-state index is 13.5. The van der Waals surface area contributed by atoms with E-state index in [1.807, 2.05) is 0 Å². The minimum Gasteiger partial charge on any atom is -0.325 e. The fraction of sp³-hybridized carbons (Fsp3) is 0.182. The number of amides is 2. The molecule has 3 aromatic rings. The van der Waals surface area contributed by atoms with Gasteiger partial charge in [0.1, 0.15) is 0 Å². The first kappa shape index (κ1) is 22.7. The van der Waals surface area contributed by atoms with Gasteiger partial charge in [0.15, 0.2) is 5.69 Å². The lowest BCUT2D eigenvalue weighted by Crippen LogP contribution is -2.28. The molecule has 166 valence electrons. The number of rotatable bonds is 4. The number of hydrogen-bond donors (Lipinski definition) is 2. The highest BCUT2D eigenvalue weighted by Crippen LogP contribution is 2.33. The van der Waals surface area contributed by atoms with Crippen LogP contribution in [0.15, 0.2) is 53.3 Å². The fourth-order valence-electron chi connectivity index (χ4n) is 3.09. The number of aromatic nitrogens is 2. The number of carbonyl (C=O) groups is 2. The summed E-state index contributed by atoms with van der Waals surface area (Å²) in [6, 6.07) is 10.6. The maximum absolute atomic E-state index is 13.5. The Kier molecular flexibility index (Phi) is 6.15. The SMILES string of the molecule is CC(=O)Nc1ccc(C)cc1NC(=O)c1nn(-c2ccccc2C(F)(F)F)c(C)cc1=O. The van der Waals surface area contributed by atoms with Gasteiger partial charge in [-0.2, -0.15) is 18.3 Å². The summed E-state index contributed by atoms with van der Waals surface area (Å²) >= 11 is 0. The molecule has 0 saturated carbocycles. The highest BCUT2D eigenvalue weighted by atomic mass is 19.4. The van der Waals surface area contributed by atoms with Crippen molar-refractivity contribution in [2.75, 3.05) is 10.6 Å². The van der Waals surface area contributed by atoms with Gasteiger partial charge in [-0.3, -0.25) is 14.4 Å². The van der Waals surface area contributed by atoms with Crippen LogP contribution in [0, 0.1) is 13.8 Å². The Morgan fingerprint density at radius 3 is 2.31 bits per heavy atom. The molecule has 0 aliphatic carbocycles. The van der Waals surface area contributed by atoms with E-state index in [9.17, 15) is 27.6 Å². The van der Waals surface area contributed by atoms with Crippen molar-refractivity contribution in [3.8, 4) is 5.69 Å². The summed E-state index contributed by atoms with van der Waals surface area (Å²) in [5, 5.41) is 9.00. The smallest absolute Gasteiger partial charge is 0.325 e. The number of anilines is 2. The number of alkyl halides is 3. The van der Waals surface area contributed by atoms with Crippen LogP contribution in [0.4, 0.5) is 24.5 Å². The standard InChI is InChI=1S/C22H19F3N4O3/c1-12-8-9-16(26-14(3)30)17(10-12)27-21(32)20-19(31)11-13(2)29(28-20)18-7-5-4-6-15(18)22(23,24)25/h4-11H,1-3H3,(H,26,30)(H,27,32). The van der Waals surface area contributed by atoms with Gasteiger partial charge >= 0.3 is 6.18 Å². The molecule has 0 saturated heterocycles. The van der Waals surface area contributed by atoms with Crippen molar-refractivity contribution in [2.24, 2.45) is 0 Å². The molecule has 0 aliphatic rings. The second-order valence-corrected chi connectivity index (χ2v) is 7.11. The van der Waals surface area contributed by atoms with E-state index in [0.29, 0.717) is 5.69 Å². The molecule has 1 aromatic heterocycles. The summed E-state index contributed by atoms with van der Waals surface area (Å²) < 4.78 is 41.3. The predicted octanol–water partition coefficient (Wildman–Crippen LogP) is 4.08. The Bertz CT molecular complexity index is 1270. The predicted molar refractivity (Wildman–Crippen MR) is 113 cm³/mol. The zero-order valence-electron chi connectivity index (χ0n) is 17.4. The van der Waals surface area contributed by atoms with E-state index in [-0.39, 0.29) is 23.0 Å². The summed E-state index contributed by atoms with van der Waals surface area (Å²) in [6.07, 6.45) is -4.66. The van der Waals surface area contributed by atoms with Gasteiger partial charge in [-0.1, -0.05) is 18.2 Å². The average molecular weight is 444 g/mol. The van der Waals surface area contributed by atoms with Gasteiger partial charge in [-0.25, -0.2) is 4.68 Å². The minimum absolute atomic E-state index is 0.123. The molecule has 0 bridgehead atoms. The normalized spacial score (nSPS) is 11.2. The molecule has 2 N–H and O–H groups in total. The van der Waals surface area contributed by atoms with E-state index < -0.39 is 28.8 Å². The van der Waals surface area contributed by atoms with Gasteiger partial charge in [0.05, 0.1) is 22.6 Å². The highest BCUT2D eigenvalue weighted by Gasteiger charge is 2.34. The molecule has 1 heterocycles. The lowest BCUT2D eigenvalue weighted by Gasteiger charge is -2.17. The van der Waals surface area contributed by atoms with Gasteiger partial charge in [0.2, 0.25) is 11.3 Å². The van der Waals surface area contributed by atoms with E-state index in [2.05, 4.69) is 15.7 Å². The molecular formula is C22H19F3N4O3. The first-order valence-corrected chi connectivity index (χ1v) is 9.44. The van der Waals surface area contributed by atoms with Crippen molar-refractivity contribution in [2.45, 2.75) is 26.9 Å². The molecule has 0 fully saturated rings. The number of halogens is 3. The van der Waals surface area contributed by atoms with Crippen LogP contribution in [0.1, 0.15) is 34.2 Å². The van der Waals surface area contributed by atoms with E-state index in [1.54, 1.807) is 25.1 Å². The van der Waals surface area contributed by atoms with E-state index in [0.717, 1.165) is 22.4 Å². The Hall–Kier alpha value is -3.95. The van der Waals surface area contributed by atoms with Crippen LogP contribution in [0.25, 0.3) is 5.69 Å². The second kappa shape index (κ2) is 8.66. The topological polar surface area (TPSA) is 93.1 Å². The van der Waals surface area contributed by atoms with Crippen LogP contribution in [0.2, 0.25) is 0 Å². The van der Waals surface area contributed by atoms with Crippen LogP contribution in [-0.4, -0.2) is 21.6 Å². The Balaban J connectivity index is 2.07. The van der Waals surface area contributed by atoms with E-state index in [4.69, 9.17) is 0 Å². The molecule has 3 rings (SSSR count). The van der Waals surface area contributed by atoms with Crippen molar-refractivity contribution in [1.82, 2.24) is 9.78 Å². The first-order valence-electron chi connectivity index (χ1n) is 9.44. The number of nitrogens with one attached hydrogen (secondary N) is 2. The molecule has 0 radical (unpaired) electrons. The highest BCUT2D eigenvalue weighted by molar-refractivity contribution is 6.06. The van der Waals surface area contributed by atoms with Crippen molar-refractivity contribution in [1.29, 1.82) is 0 Å². The van der Waals surface area contributed by atoms with Gasteiger partial charge in [0, 0.05) is 18.7 Å². The summed E-state index contributed by atoms with van der Waals surface area (Å²) in [4.78, 5) is 36.7. The molecule has 7 nitrogen and oxygen atoms in total. The Labute approximate surface area is 180 Å². The quantitative estimate of drug-likeness (QED) is 0.634. The minimum atomic E-state index is -4.66. The average Bonchev–Trinajstić information content (AvgIpc) is 2.69. The largest absolute Gasteiger partial charge is 0.418 e. The van der Waals surface area contributed by atoms with E-state index >= 15 is 0 Å². The van der Waals surface area contributed by atoms with Crippen LogP contribution >= 0.6 is 0 Å². The molecule has 10 heteroatoms. The van der Waals surface area contributed by atoms with Crippen LogP contribution < -0.4 is 16.1 Å². The van der Waals surface area contributed by atoms with E-state index in [1.165, 1.54) is 32.0 Å². The number of benzene rings is 2. The summed E-state index contributed by atoms with van der Waals surface area (Å²) in [5.74, 6) is -1.30. The number of nitrogens with zero attached hydrogens (tertiary/aromatic N) is 2.